The van der Waals surface area contributed by atoms with Gasteiger partial charge in [-0.1, -0.05) is 32.0 Å². The van der Waals surface area contributed by atoms with Crippen molar-refractivity contribution in [3.63, 3.8) is 0 Å². The zero-order valence-electron chi connectivity index (χ0n) is 10.8. The number of amides is 1. The van der Waals surface area contributed by atoms with Gasteiger partial charge in [-0.05, 0) is 19.4 Å². The largest absolute Gasteiger partial charge is 0.496 e. The second-order valence-corrected chi connectivity index (χ2v) is 5.55. The molecule has 0 aromatic heterocycles. The molecule has 1 heterocycles. The summed E-state index contributed by atoms with van der Waals surface area (Å²) in [4.78, 5) is 11.9. The van der Waals surface area contributed by atoms with E-state index in [-0.39, 0.29) is 16.9 Å². The van der Waals surface area contributed by atoms with Crippen LogP contribution >= 0.6 is 0 Å². The average molecular weight is 233 g/mol. The van der Waals surface area contributed by atoms with Crippen LogP contribution in [0.2, 0.25) is 0 Å². The van der Waals surface area contributed by atoms with Gasteiger partial charge in [0.2, 0.25) is 5.91 Å². The van der Waals surface area contributed by atoms with E-state index in [0.29, 0.717) is 0 Å². The predicted octanol–water partition coefficient (Wildman–Crippen LogP) is 2.46. The van der Waals surface area contributed by atoms with Crippen LogP contribution in [0.4, 0.5) is 0 Å². The van der Waals surface area contributed by atoms with Gasteiger partial charge in [0.1, 0.15) is 5.75 Å². The van der Waals surface area contributed by atoms with E-state index in [2.05, 4.69) is 12.2 Å². The molecule has 1 aromatic rings. The lowest BCUT2D eigenvalue weighted by molar-refractivity contribution is -0.126. The van der Waals surface area contributed by atoms with Gasteiger partial charge in [-0.25, -0.2) is 0 Å². The molecular weight excluding hydrogens is 214 g/mol. The zero-order valence-corrected chi connectivity index (χ0v) is 10.8. The maximum absolute atomic E-state index is 11.9. The maximum Gasteiger partial charge on any atom is 0.226 e. The molecule has 1 saturated heterocycles. The Bertz CT molecular complexity index is 453. The Hall–Kier alpha value is -1.51. The third kappa shape index (κ3) is 1.90. The number of nitrogens with one attached hydrogen (secondary N) is 1. The number of hydrogen-bond acceptors (Lipinski definition) is 2. The zero-order chi connectivity index (χ0) is 12.7. The minimum Gasteiger partial charge on any atom is -0.496 e. The van der Waals surface area contributed by atoms with Crippen LogP contribution in [-0.2, 0) is 10.3 Å². The van der Waals surface area contributed by atoms with E-state index in [0.717, 1.165) is 17.7 Å². The van der Waals surface area contributed by atoms with Gasteiger partial charge in [0.05, 0.1) is 12.6 Å². The number of ether oxygens (including phenoxy) is 1. The van der Waals surface area contributed by atoms with Crippen molar-refractivity contribution in [2.45, 2.75) is 32.7 Å². The molecule has 1 aliphatic rings. The Kier molecular flexibility index (Phi) is 2.64. The average Bonchev–Trinajstić information content (AvgIpc) is 2.49. The highest BCUT2D eigenvalue weighted by atomic mass is 16.5. The van der Waals surface area contributed by atoms with Crippen molar-refractivity contribution in [2.24, 2.45) is 5.41 Å². The molecule has 0 spiro atoms. The number of carbonyl (C=O) groups is 1. The molecule has 0 bridgehead atoms. The Morgan fingerprint density at radius 2 is 1.88 bits per heavy atom. The highest BCUT2D eigenvalue weighted by Gasteiger charge is 2.47. The normalized spacial score (nSPS) is 26.7. The third-order valence-corrected chi connectivity index (χ3v) is 3.50. The smallest absolute Gasteiger partial charge is 0.226 e. The van der Waals surface area contributed by atoms with Crippen LogP contribution in [0.1, 0.15) is 32.8 Å². The maximum atomic E-state index is 11.9. The van der Waals surface area contributed by atoms with Crippen molar-refractivity contribution in [2.75, 3.05) is 7.11 Å². The van der Waals surface area contributed by atoms with Crippen molar-refractivity contribution in [1.82, 2.24) is 5.32 Å². The summed E-state index contributed by atoms with van der Waals surface area (Å²) in [6.07, 6.45) is 0.777. The summed E-state index contributed by atoms with van der Waals surface area (Å²) in [7, 11) is 1.66. The Morgan fingerprint density at radius 3 is 2.41 bits per heavy atom. The molecule has 17 heavy (non-hydrogen) atoms. The van der Waals surface area contributed by atoms with E-state index in [4.69, 9.17) is 4.74 Å². The van der Waals surface area contributed by atoms with Crippen molar-refractivity contribution in [1.29, 1.82) is 0 Å². The molecule has 0 aliphatic carbocycles. The highest BCUT2D eigenvalue weighted by molar-refractivity contribution is 5.85. The number of rotatable bonds is 2. The summed E-state index contributed by atoms with van der Waals surface area (Å²) < 4.78 is 5.38. The lowest BCUT2D eigenvalue weighted by Crippen LogP contribution is -2.36. The van der Waals surface area contributed by atoms with Crippen LogP contribution in [0, 0.1) is 5.41 Å². The van der Waals surface area contributed by atoms with Crippen LogP contribution in [-0.4, -0.2) is 13.0 Å². The summed E-state index contributed by atoms with van der Waals surface area (Å²) in [5, 5.41) is 3.09. The van der Waals surface area contributed by atoms with Gasteiger partial charge < -0.3 is 10.1 Å². The molecule has 1 aliphatic heterocycles. The number of carbonyl (C=O) groups excluding carboxylic acids is 1. The summed E-state index contributed by atoms with van der Waals surface area (Å²) in [6.45, 7) is 6.00. The van der Waals surface area contributed by atoms with Gasteiger partial charge in [-0.2, -0.15) is 0 Å². The van der Waals surface area contributed by atoms with Crippen LogP contribution < -0.4 is 10.1 Å². The molecule has 1 amide bonds. The van der Waals surface area contributed by atoms with Crippen LogP contribution in [0.3, 0.4) is 0 Å². The van der Waals surface area contributed by atoms with Gasteiger partial charge in [0.25, 0.3) is 0 Å². The van der Waals surface area contributed by atoms with Gasteiger partial charge >= 0.3 is 0 Å². The fourth-order valence-electron chi connectivity index (χ4n) is 2.69. The Labute approximate surface area is 102 Å². The minimum atomic E-state index is -0.340. The van der Waals surface area contributed by atoms with E-state index in [1.165, 1.54) is 0 Å². The molecule has 1 unspecified atom stereocenters. The molecule has 1 fully saturated rings. The topological polar surface area (TPSA) is 38.3 Å². The van der Waals surface area contributed by atoms with Crippen molar-refractivity contribution in [3.8, 4) is 5.75 Å². The fourth-order valence-corrected chi connectivity index (χ4v) is 2.69. The molecule has 1 atom stereocenters. The molecule has 0 saturated carbocycles. The quantitative estimate of drug-likeness (QED) is 0.852. The fraction of sp³-hybridized carbons (Fsp3) is 0.500. The first-order chi connectivity index (χ1) is 7.89. The third-order valence-electron chi connectivity index (χ3n) is 3.50. The van der Waals surface area contributed by atoms with E-state index >= 15 is 0 Å². The molecule has 92 valence electrons. The number of methoxy groups -OCH3 is 1. The van der Waals surface area contributed by atoms with Crippen LogP contribution in [0.15, 0.2) is 24.3 Å². The lowest BCUT2D eigenvalue weighted by Gasteiger charge is -2.27. The van der Waals surface area contributed by atoms with Crippen molar-refractivity contribution >= 4 is 5.91 Å². The van der Waals surface area contributed by atoms with Crippen LogP contribution in [0.5, 0.6) is 5.75 Å². The Balaban J connectivity index is 2.44. The lowest BCUT2D eigenvalue weighted by atomic mass is 9.80. The van der Waals surface area contributed by atoms with E-state index in [1.54, 1.807) is 7.11 Å². The predicted molar refractivity (Wildman–Crippen MR) is 66.9 cm³/mol. The Morgan fingerprint density at radius 1 is 1.24 bits per heavy atom. The number of benzene rings is 1. The summed E-state index contributed by atoms with van der Waals surface area (Å²) >= 11 is 0. The summed E-state index contributed by atoms with van der Waals surface area (Å²) in [5.41, 5.74) is 0.379. The van der Waals surface area contributed by atoms with Gasteiger partial charge in [0, 0.05) is 11.0 Å². The van der Waals surface area contributed by atoms with Crippen LogP contribution in [0.25, 0.3) is 0 Å². The molecule has 1 aromatic carbocycles. The molecule has 3 nitrogen and oxygen atoms in total. The van der Waals surface area contributed by atoms with Crippen molar-refractivity contribution < 1.29 is 9.53 Å². The minimum absolute atomic E-state index is 0.103. The first kappa shape index (κ1) is 12.0. The summed E-state index contributed by atoms with van der Waals surface area (Å²) in [5.74, 6) is 0.930. The molecule has 0 radical (unpaired) electrons. The molecule has 3 heteroatoms. The molecule has 1 N–H and O–H groups in total. The van der Waals surface area contributed by atoms with Crippen molar-refractivity contribution in [3.05, 3.63) is 29.8 Å². The molecule has 2 rings (SSSR count). The van der Waals surface area contributed by atoms with E-state index < -0.39 is 0 Å². The number of hydrogen-bond donors (Lipinski definition) is 1. The number of para-hydroxylation sites is 1. The van der Waals surface area contributed by atoms with Gasteiger partial charge in [0.15, 0.2) is 0 Å². The van der Waals surface area contributed by atoms with E-state index in [1.807, 2.05) is 38.1 Å². The monoisotopic (exact) mass is 233 g/mol. The standard InChI is InChI=1S/C14H19NO2/c1-13(2)9-14(3,15-12(13)16)10-7-5-6-8-11(10)17-4/h5-8H,9H2,1-4H3,(H,15,16). The molecular formula is C14H19NO2. The first-order valence-corrected chi connectivity index (χ1v) is 5.85. The summed E-state index contributed by atoms with van der Waals surface area (Å²) in [6, 6.07) is 7.85. The first-order valence-electron chi connectivity index (χ1n) is 5.85. The highest BCUT2D eigenvalue weighted by Crippen LogP contribution is 2.43. The van der Waals surface area contributed by atoms with Gasteiger partial charge in [-0.15, -0.1) is 0 Å². The van der Waals surface area contributed by atoms with E-state index in [9.17, 15) is 4.79 Å². The SMILES string of the molecule is COc1ccccc1C1(C)CC(C)(C)C(=O)N1. The van der Waals surface area contributed by atoms with Gasteiger partial charge in [-0.3, -0.25) is 4.79 Å². The second-order valence-electron chi connectivity index (χ2n) is 5.55. The second kappa shape index (κ2) is 3.76.